The molecule has 36 heavy (non-hydrogen) atoms. The zero-order valence-electron chi connectivity index (χ0n) is 20.9. The first-order valence-electron chi connectivity index (χ1n) is 11.9. The molecule has 2 aromatic carbocycles. The van der Waals surface area contributed by atoms with Crippen LogP contribution in [-0.4, -0.2) is 106 Å². The van der Waals surface area contributed by atoms with Crippen molar-refractivity contribution < 1.29 is 32.9 Å². The van der Waals surface area contributed by atoms with Crippen molar-refractivity contribution >= 4 is 11.8 Å². The van der Waals surface area contributed by atoms with Gasteiger partial charge < -0.3 is 28.7 Å². The summed E-state index contributed by atoms with van der Waals surface area (Å²) in [7, 11) is 4.55. The Morgan fingerprint density at radius 2 is 1.58 bits per heavy atom. The molecule has 2 aliphatic heterocycles. The molecule has 1 atom stereocenters. The Kier molecular flexibility index (Phi) is 8.27. The van der Waals surface area contributed by atoms with Gasteiger partial charge in [-0.05, 0) is 24.3 Å². The number of morpholine rings is 1. The zero-order chi connectivity index (χ0) is 25.7. The topological polar surface area (TPSA) is 80.8 Å². The minimum absolute atomic E-state index is 0.0806. The summed E-state index contributed by atoms with van der Waals surface area (Å²) >= 11 is 0. The molecule has 0 aromatic heterocycles. The van der Waals surface area contributed by atoms with E-state index in [0.717, 1.165) is 0 Å². The predicted molar refractivity (Wildman–Crippen MR) is 130 cm³/mol. The molecule has 2 amide bonds. The molecule has 2 aromatic rings. The second-order valence-electron chi connectivity index (χ2n) is 8.73. The average Bonchev–Trinajstić information content (AvgIpc) is 2.92. The van der Waals surface area contributed by atoms with Crippen LogP contribution in [0.25, 0.3) is 0 Å². The van der Waals surface area contributed by atoms with E-state index in [1.807, 2.05) is 0 Å². The molecule has 2 fully saturated rings. The molecular weight excluding hydrogens is 469 g/mol. The third-order valence-corrected chi connectivity index (χ3v) is 6.56. The van der Waals surface area contributed by atoms with Crippen molar-refractivity contribution in [2.45, 2.75) is 6.10 Å². The van der Waals surface area contributed by atoms with Gasteiger partial charge in [0, 0.05) is 51.4 Å². The largest absolute Gasteiger partial charge is 0.493 e. The van der Waals surface area contributed by atoms with E-state index in [0.29, 0.717) is 75.2 Å². The number of benzene rings is 2. The van der Waals surface area contributed by atoms with E-state index in [4.69, 9.17) is 18.9 Å². The highest BCUT2D eigenvalue weighted by Crippen LogP contribution is 2.38. The summed E-state index contributed by atoms with van der Waals surface area (Å²) in [6.07, 6.45) is -0.174. The molecule has 2 heterocycles. The summed E-state index contributed by atoms with van der Waals surface area (Å²) in [5.41, 5.74) is 0.549. The van der Waals surface area contributed by atoms with Gasteiger partial charge in [-0.2, -0.15) is 0 Å². The van der Waals surface area contributed by atoms with Crippen molar-refractivity contribution in [2.75, 3.05) is 73.7 Å². The van der Waals surface area contributed by atoms with Gasteiger partial charge in [0.2, 0.25) is 5.75 Å². The van der Waals surface area contributed by atoms with Crippen LogP contribution in [0.5, 0.6) is 17.2 Å². The number of nitrogens with zero attached hydrogens (tertiary/aromatic N) is 3. The van der Waals surface area contributed by atoms with Gasteiger partial charge in [0.05, 0.1) is 39.6 Å². The van der Waals surface area contributed by atoms with Crippen molar-refractivity contribution in [1.29, 1.82) is 0 Å². The highest BCUT2D eigenvalue weighted by atomic mass is 19.1. The monoisotopic (exact) mass is 501 g/mol. The minimum atomic E-state index is -0.515. The van der Waals surface area contributed by atoms with Crippen LogP contribution in [-0.2, 0) is 4.74 Å². The lowest BCUT2D eigenvalue weighted by molar-refractivity contribution is -0.0401. The molecule has 0 N–H and O–H groups in total. The van der Waals surface area contributed by atoms with Gasteiger partial charge in [0.1, 0.15) is 5.82 Å². The Labute approximate surface area is 210 Å². The molecule has 9 nitrogen and oxygen atoms in total. The van der Waals surface area contributed by atoms with Crippen molar-refractivity contribution in [3.8, 4) is 17.2 Å². The summed E-state index contributed by atoms with van der Waals surface area (Å²) in [5, 5.41) is 0. The molecule has 0 saturated carbocycles. The maximum Gasteiger partial charge on any atom is 0.256 e. The highest BCUT2D eigenvalue weighted by molar-refractivity contribution is 5.96. The van der Waals surface area contributed by atoms with Crippen LogP contribution in [0.3, 0.4) is 0 Å². The van der Waals surface area contributed by atoms with Gasteiger partial charge in [-0.25, -0.2) is 4.39 Å². The van der Waals surface area contributed by atoms with E-state index >= 15 is 0 Å². The molecule has 0 spiro atoms. The number of carbonyl (C=O) groups excluding carboxylic acids is 2. The number of hydrogen-bond donors (Lipinski definition) is 0. The molecule has 0 radical (unpaired) electrons. The van der Waals surface area contributed by atoms with Gasteiger partial charge in [0.15, 0.2) is 11.5 Å². The fourth-order valence-corrected chi connectivity index (χ4v) is 4.63. The molecular formula is C26H32FN3O6. The number of amides is 2. The fourth-order valence-electron chi connectivity index (χ4n) is 4.63. The highest BCUT2D eigenvalue weighted by Gasteiger charge is 2.30. The maximum atomic E-state index is 14.1. The molecule has 1 unspecified atom stereocenters. The van der Waals surface area contributed by atoms with Crippen LogP contribution >= 0.6 is 0 Å². The van der Waals surface area contributed by atoms with Crippen molar-refractivity contribution in [3.05, 3.63) is 53.3 Å². The van der Waals surface area contributed by atoms with Gasteiger partial charge in [0.25, 0.3) is 11.8 Å². The quantitative estimate of drug-likeness (QED) is 0.575. The first kappa shape index (κ1) is 25.7. The van der Waals surface area contributed by atoms with E-state index in [-0.39, 0.29) is 23.5 Å². The van der Waals surface area contributed by atoms with Crippen LogP contribution < -0.4 is 14.2 Å². The average molecular weight is 502 g/mol. The van der Waals surface area contributed by atoms with Gasteiger partial charge in [-0.3, -0.25) is 14.5 Å². The molecule has 2 saturated heterocycles. The van der Waals surface area contributed by atoms with Crippen molar-refractivity contribution in [1.82, 2.24) is 14.7 Å². The Bertz CT molecular complexity index is 1060. The van der Waals surface area contributed by atoms with E-state index in [9.17, 15) is 14.0 Å². The standard InChI is InChI=1S/C26H32FN3O6/c1-33-22-14-18(15-23(34-2)24(22)35-3)25(31)29-10-8-28(9-11-29)16-19-17-30(12-13-36-19)26(32)20-6-4-5-7-21(20)27/h4-7,14-15,19H,8-13,16-17H2,1-3H3. The summed E-state index contributed by atoms with van der Waals surface area (Å²) in [6, 6.07) is 9.35. The van der Waals surface area contributed by atoms with E-state index in [1.165, 1.54) is 33.5 Å². The lowest BCUT2D eigenvalue weighted by Gasteiger charge is -2.39. The number of carbonyl (C=O) groups is 2. The number of methoxy groups -OCH3 is 3. The van der Waals surface area contributed by atoms with Gasteiger partial charge in [-0.1, -0.05) is 12.1 Å². The molecule has 194 valence electrons. The first-order chi connectivity index (χ1) is 17.4. The van der Waals surface area contributed by atoms with E-state index in [2.05, 4.69) is 4.90 Å². The van der Waals surface area contributed by atoms with Crippen molar-refractivity contribution in [2.24, 2.45) is 0 Å². The fraction of sp³-hybridized carbons (Fsp3) is 0.462. The maximum absolute atomic E-state index is 14.1. The molecule has 4 rings (SSSR count). The number of halogens is 1. The van der Waals surface area contributed by atoms with Gasteiger partial charge >= 0.3 is 0 Å². The van der Waals surface area contributed by atoms with Crippen molar-refractivity contribution in [3.63, 3.8) is 0 Å². The second-order valence-corrected chi connectivity index (χ2v) is 8.73. The molecule has 10 heteroatoms. The van der Waals surface area contributed by atoms with Crippen LogP contribution in [0.15, 0.2) is 36.4 Å². The molecule has 2 aliphatic rings. The SMILES string of the molecule is COc1cc(C(=O)N2CCN(CC3CN(C(=O)c4ccccc4F)CCO3)CC2)cc(OC)c1OC. The Hall–Kier alpha value is -3.37. The summed E-state index contributed by atoms with van der Waals surface area (Å²) < 4.78 is 36.1. The Morgan fingerprint density at radius 1 is 0.917 bits per heavy atom. The molecule has 0 aliphatic carbocycles. The zero-order valence-corrected chi connectivity index (χ0v) is 20.9. The molecule has 0 bridgehead atoms. The summed E-state index contributed by atoms with van der Waals surface area (Å²) in [6.45, 7) is 4.34. The summed E-state index contributed by atoms with van der Waals surface area (Å²) in [5.74, 6) is 0.368. The number of hydrogen-bond acceptors (Lipinski definition) is 7. The smallest absolute Gasteiger partial charge is 0.256 e. The van der Waals surface area contributed by atoms with Crippen LogP contribution in [0.4, 0.5) is 4.39 Å². The third-order valence-electron chi connectivity index (χ3n) is 6.56. The normalized spacial score (nSPS) is 18.6. The number of ether oxygens (including phenoxy) is 4. The third kappa shape index (κ3) is 5.55. The van der Waals surface area contributed by atoms with E-state index in [1.54, 1.807) is 34.1 Å². The number of rotatable bonds is 7. The second kappa shape index (κ2) is 11.6. The summed E-state index contributed by atoms with van der Waals surface area (Å²) in [4.78, 5) is 31.6. The lowest BCUT2D eigenvalue weighted by atomic mass is 10.1. The van der Waals surface area contributed by atoms with Crippen LogP contribution in [0, 0.1) is 5.82 Å². The van der Waals surface area contributed by atoms with Gasteiger partial charge in [-0.15, -0.1) is 0 Å². The number of piperazine rings is 1. The lowest BCUT2D eigenvalue weighted by Crippen LogP contribution is -2.54. The van der Waals surface area contributed by atoms with Crippen LogP contribution in [0.1, 0.15) is 20.7 Å². The minimum Gasteiger partial charge on any atom is -0.493 e. The Morgan fingerprint density at radius 3 is 2.19 bits per heavy atom. The predicted octanol–water partition coefficient (Wildman–Crippen LogP) is 2.15. The van der Waals surface area contributed by atoms with E-state index < -0.39 is 5.82 Å². The Balaban J connectivity index is 1.33. The first-order valence-corrected chi connectivity index (χ1v) is 11.9. The van der Waals surface area contributed by atoms with Crippen LogP contribution in [0.2, 0.25) is 0 Å².